The van der Waals surface area contributed by atoms with Gasteiger partial charge in [0.2, 0.25) is 6.79 Å². The minimum atomic E-state index is -0.161. The van der Waals surface area contributed by atoms with Gasteiger partial charge in [-0.25, -0.2) is 4.39 Å². The summed E-state index contributed by atoms with van der Waals surface area (Å²) in [5, 5.41) is 0. The van der Waals surface area contributed by atoms with Crippen molar-refractivity contribution in [2.24, 2.45) is 5.92 Å². The van der Waals surface area contributed by atoms with Crippen LogP contribution in [0.2, 0.25) is 0 Å². The molecule has 1 fully saturated rings. The Morgan fingerprint density at radius 1 is 1.14 bits per heavy atom. The zero-order chi connectivity index (χ0) is 19.3. The molecule has 1 atom stereocenters. The average molecular weight is 384 g/mol. The molecule has 0 spiro atoms. The van der Waals surface area contributed by atoms with Crippen LogP contribution in [0.15, 0.2) is 42.5 Å². The molecule has 1 saturated heterocycles. The molecule has 150 valence electrons. The van der Waals surface area contributed by atoms with E-state index in [1.54, 1.807) is 12.1 Å². The number of halogens is 1. The molecule has 4 rings (SSSR count). The van der Waals surface area contributed by atoms with Gasteiger partial charge < -0.3 is 19.3 Å². The SMILES string of the molecule is CN(Cc1cccc2c1OCO2)CC1CCCN(CCc2ccc(F)cc2)C1. The third kappa shape index (κ3) is 4.83. The van der Waals surface area contributed by atoms with Crippen molar-refractivity contribution >= 4 is 0 Å². The minimum absolute atomic E-state index is 0.161. The summed E-state index contributed by atoms with van der Waals surface area (Å²) in [4.78, 5) is 4.95. The van der Waals surface area contributed by atoms with Gasteiger partial charge in [0.05, 0.1) is 0 Å². The summed E-state index contributed by atoms with van der Waals surface area (Å²) >= 11 is 0. The number of fused-ring (bicyclic) bond motifs is 1. The van der Waals surface area contributed by atoms with Crippen molar-refractivity contribution in [1.82, 2.24) is 9.80 Å². The molecule has 0 aromatic heterocycles. The number of likely N-dealkylation sites (tertiary alicyclic amines) is 1. The van der Waals surface area contributed by atoms with Crippen molar-refractivity contribution in [3.63, 3.8) is 0 Å². The highest BCUT2D eigenvalue weighted by Gasteiger charge is 2.23. The maximum atomic E-state index is 13.1. The Bertz CT molecular complexity index is 781. The van der Waals surface area contributed by atoms with Crippen LogP contribution in [0.3, 0.4) is 0 Å². The number of rotatable bonds is 7. The van der Waals surface area contributed by atoms with E-state index in [0.29, 0.717) is 12.7 Å². The van der Waals surface area contributed by atoms with E-state index >= 15 is 0 Å². The maximum absolute atomic E-state index is 13.1. The van der Waals surface area contributed by atoms with E-state index in [1.165, 1.54) is 30.5 Å². The predicted octanol–water partition coefficient (Wildman–Crippen LogP) is 3.94. The van der Waals surface area contributed by atoms with Gasteiger partial charge in [-0.3, -0.25) is 0 Å². The lowest BCUT2D eigenvalue weighted by Crippen LogP contribution is -2.40. The number of piperidine rings is 1. The quantitative estimate of drug-likeness (QED) is 0.722. The van der Waals surface area contributed by atoms with Crippen molar-refractivity contribution < 1.29 is 13.9 Å². The second kappa shape index (κ2) is 8.93. The third-order valence-electron chi connectivity index (χ3n) is 5.72. The predicted molar refractivity (Wildman–Crippen MR) is 108 cm³/mol. The number of ether oxygens (including phenoxy) is 2. The maximum Gasteiger partial charge on any atom is 0.231 e. The number of para-hydroxylation sites is 1. The van der Waals surface area contributed by atoms with Gasteiger partial charge in [-0.15, -0.1) is 0 Å². The van der Waals surface area contributed by atoms with Gasteiger partial charge in [-0.2, -0.15) is 0 Å². The van der Waals surface area contributed by atoms with Crippen LogP contribution in [0.4, 0.5) is 4.39 Å². The summed E-state index contributed by atoms with van der Waals surface area (Å²) in [6.45, 7) is 5.62. The summed E-state index contributed by atoms with van der Waals surface area (Å²) in [6, 6.07) is 13.0. The Labute approximate surface area is 166 Å². The summed E-state index contributed by atoms with van der Waals surface area (Å²) in [7, 11) is 2.19. The molecule has 4 nitrogen and oxygen atoms in total. The first kappa shape index (κ1) is 19.2. The third-order valence-corrected chi connectivity index (χ3v) is 5.72. The van der Waals surface area contributed by atoms with Crippen molar-refractivity contribution in [2.45, 2.75) is 25.8 Å². The topological polar surface area (TPSA) is 24.9 Å². The Morgan fingerprint density at radius 3 is 2.86 bits per heavy atom. The van der Waals surface area contributed by atoms with Gasteiger partial charge in [0.1, 0.15) is 5.82 Å². The lowest BCUT2D eigenvalue weighted by Gasteiger charge is -2.34. The molecule has 5 heteroatoms. The first-order valence-electron chi connectivity index (χ1n) is 10.2. The molecule has 2 aliphatic rings. The van der Waals surface area contributed by atoms with Crippen molar-refractivity contribution in [3.8, 4) is 11.5 Å². The highest BCUT2D eigenvalue weighted by molar-refractivity contribution is 5.48. The molecule has 2 aliphatic heterocycles. The van der Waals surface area contributed by atoms with Crippen LogP contribution >= 0.6 is 0 Å². The first-order chi connectivity index (χ1) is 13.7. The van der Waals surface area contributed by atoms with Crippen molar-refractivity contribution in [2.75, 3.05) is 40.0 Å². The van der Waals surface area contributed by atoms with Gasteiger partial charge in [0, 0.05) is 31.7 Å². The van der Waals surface area contributed by atoms with E-state index in [4.69, 9.17) is 9.47 Å². The van der Waals surface area contributed by atoms with Crippen molar-refractivity contribution in [3.05, 3.63) is 59.4 Å². The molecule has 0 N–H and O–H groups in total. The van der Waals surface area contributed by atoms with Crippen LogP contribution in [0.25, 0.3) is 0 Å². The van der Waals surface area contributed by atoms with Gasteiger partial charge in [0.25, 0.3) is 0 Å². The number of nitrogens with zero attached hydrogens (tertiary/aromatic N) is 2. The molecule has 2 aromatic rings. The fourth-order valence-corrected chi connectivity index (χ4v) is 4.35. The van der Waals surface area contributed by atoms with E-state index in [1.807, 2.05) is 24.3 Å². The Morgan fingerprint density at radius 2 is 2.00 bits per heavy atom. The molecule has 1 unspecified atom stereocenters. The number of hydrogen-bond donors (Lipinski definition) is 0. The largest absolute Gasteiger partial charge is 0.454 e. The van der Waals surface area contributed by atoms with Crippen LogP contribution in [0, 0.1) is 11.7 Å². The average Bonchev–Trinajstić information content (AvgIpc) is 3.18. The molecule has 2 heterocycles. The van der Waals surface area contributed by atoms with Gasteiger partial charge in [-0.1, -0.05) is 24.3 Å². The van der Waals surface area contributed by atoms with Crippen LogP contribution in [-0.4, -0.2) is 49.8 Å². The summed E-state index contributed by atoms with van der Waals surface area (Å²) in [6.07, 6.45) is 3.51. The van der Waals surface area contributed by atoms with E-state index in [2.05, 4.69) is 22.9 Å². The summed E-state index contributed by atoms with van der Waals surface area (Å²) in [5.41, 5.74) is 2.40. The van der Waals surface area contributed by atoms with Gasteiger partial charge >= 0.3 is 0 Å². The Balaban J connectivity index is 1.26. The second-order valence-electron chi connectivity index (χ2n) is 8.03. The first-order valence-corrected chi connectivity index (χ1v) is 10.2. The van der Waals surface area contributed by atoms with Gasteiger partial charge in [0.15, 0.2) is 11.5 Å². The number of benzene rings is 2. The second-order valence-corrected chi connectivity index (χ2v) is 8.03. The lowest BCUT2D eigenvalue weighted by molar-refractivity contribution is 0.141. The van der Waals surface area contributed by atoms with E-state index in [-0.39, 0.29) is 5.82 Å². The van der Waals surface area contributed by atoms with E-state index in [9.17, 15) is 4.39 Å². The van der Waals surface area contributed by atoms with E-state index in [0.717, 1.165) is 44.1 Å². The molecule has 2 aromatic carbocycles. The molecule has 0 saturated carbocycles. The fourth-order valence-electron chi connectivity index (χ4n) is 4.35. The van der Waals surface area contributed by atoms with Crippen LogP contribution < -0.4 is 9.47 Å². The van der Waals surface area contributed by atoms with Gasteiger partial charge in [-0.05, 0) is 62.5 Å². The van der Waals surface area contributed by atoms with Crippen LogP contribution in [0.1, 0.15) is 24.0 Å². The standard InChI is InChI=1S/C23H29FN2O2/c1-25(16-20-5-2-6-22-23(20)28-17-27-22)14-19-4-3-12-26(15-19)13-11-18-7-9-21(24)10-8-18/h2,5-10,19H,3-4,11-17H2,1H3. The zero-order valence-corrected chi connectivity index (χ0v) is 16.6. The Hall–Kier alpha value is -2.11. The normalized spacial score (nSPS) is 19.3. The summed E-state index contributed by atoms with van der Waals surface area (Å²) < 4.78 is 24.2. The summed E-state index contributed by atoms with van der Waals surface area (Å²) in [5.74, 6) is 2.28. The molecule has 0 amide bonds. The fraction of sp³-hybridized carbons (Fsp3) is 0.478. The van der Waals surface area contributed by atoms with Crippen molar-refractivity contribution in [1.29, 1.82) is 0 Å². The minimum Gasteiger partial charge on any atom is -0.454 e. The van der Waals surface area contributed by atoms with E-state index < -0.39 is 0 Å². The molecule has 0 aliphatic carbocycles. The Kier molecular flexibility index (Phi) is 6.13. The smallest absolute Gasteiger partial charge is 0.231 e. The molecule has 28 heavy (non-hydrogen) atoms. The monoisotopic (exact) mass is 384 g/mol. The molecule has 0 radical (unpaired) electrons. The molecular formula is C23H29FN2O2. The van der Waals surface area contributed by atoms with Crippen LogP contribution in [-0.2, 0) is 13.0 Å². The highest BCUT2D eigenvalue weighted by atomic mass is 19.1. The van der Waals surface area contributed by atoms with Crippen LogP contribution in [0.5, 0.6) is 11.5 Å². The zero-order valence-electron chi connectivity index (χ0n) is 16.6. The number of hydrogen-bond acceptors (Lipinski definition) is 4. The highest BCUT2D eigenvalue weighted by Crippen LogP contribution is 2.35. The molecule has 0 bridgehead atoms. The molecular weight excluding hydrogens is 355 g/mol. The lowest BCUT2D eigenvalue weighted by atomic mass is 9.97.